The number of methoxy groups -OCH3 is 1. The van der Waals surface area contributed by atoms with E-state index in [2.05, 4.69) is 19.8 Å². The minimum atomic E-state index is -0.545. The normalized spacial score (nSPS) is 11.1. The summed E-state index contributed by atoms with van der Waals surface area (Å²) in [5, 5.41) is 5.65. The first kappa shape index (κ1) is 18.3. The molecule has 0 saturated carbocycles. The summed E-state index contributed by atoms with van der Waals surface area (Å²) < 4.78 is 11.6. The van der Waals surface area contributed by atoms with E-state index in [-0.39, 0.29) is 11.3 Å². The lowest BCUT2D eigenvalue weighted by atomic mass is 10.3. The molecule has 0 fully saturated rings. The first-order valence-electron chi connectivity index (χ1n) is 8.09. The molecule has 0 saturated heterocycles. The molecule has 4 aromatic rings. The number of benzene rings is 1. The maximum Gasteiger partial charge on any atom is 0.373 e. The van der Waals surface area contributed by atoms with Gasteiger partial charge in [-0.05, 0) is 36.4 Å². The van der Waals surface area contributed by atoms with Crippen molar-refractivity contribution >= 4 is 40.4 Å². The Balaban J connectivity index is 1.62. The van der Waals surface area contributed by atoms with E-state index in [0.29, 0.717) is 32.7 Å². The van der Waals surface area contributed by atoms with Crippen LogP contribution in [0.5, 0.6) is 0 Å². The Morgan fingerprint density at radius 3 is 2.82 bits per heavy atom. The number of nitrogens with one attached hydrogen (secondary N) is 1. The van der Waals surface area contributed by atoms with E-state index in [4.69, 9.17) is 16.0 Å². The Morgan fingerprint density at radius 2 is 2.07 bits per heavy atom. The van der Waals surface area contributed by atoms with Crippen molar-refractivity contribution in [3.05, 3.63) is 69.5 Å². The van der Waals surface area contributed by atoms with Crippen LogP contribution in [0, 0.1) is 0 Å². The van der Waals surface area contributed by atoms with Crippen LogP contribution in [-0.4, -0.2) is 32.8 Å². The largest absolute Gasteiger partial charge is 0.463 e. The molecule has 0 aliphatic rings. The van der Waals surface area contributed by atoms with Gasteiger partial charge < -0.3 is 14.1 Å². The molecule has 142 valence electrons. The van der Waals surface area contributed by atoms with Crippen molar-refractivity contribution in [1.29, 1.82) is 0 Å². The van der Waals surface area contributed by atoms with Gasteiger partial charge in [-0.2, -0.15) is 5.10 Å². The predicted molar refractivity (Wildman–Crippen MR) is 104 cm³/mol. The van der Waals surface area contributed by atoms with Crippen molar-refractivity contribution < 1.29 is 13.9 Å². The number of furan rings is 1. The fraction of sp³-hybridized carbons (Fsp3) is 0.111. The molecular formula is C18H13ClN4O4S. The van der Waals surface area contributed by atoms with Crippen LogP contribution in [0.1, 0.15) is 16.3 Å². The smallest absolute Gasteiger partial charge is 0.373 e. The number of halogens is 1. The third-order valence-corrected chi connectivity index (χ3v) is 5.03. The molecule has 0 aliphatic heterocycles. The predicted octanol–water partition coefficient (Wildman–Crippen LogP) is 3.43. The van der Waals surface area contributed by atoms with Gasteiger partial charge in [-0.25, -0.2) is 14.5 Å². The highest BCUT2D eigenvalue weighted by Crippen LogP contribution is 2.23. The number of hydrogen-bond acceptors (Lipinski definition) is 7. The molecule has 0 amide bonds. The van der Waals surface area contributed by atoms with E-state index in [0.717, 1.165) is 5.69 Å². The molecule has 0 radical (unpaired) electrons. The average Bonchev–Trinajstić information content (AvgIpc) is 3.34. The first-order valence-corrected chi connectivity index (χ1v) is 9.45. The van der Waals surface area contributed by atoms with E-state index in [1.165, 1.54) is 31.1 Å². The topological polar surface area (TPSA) is 103 Å². The van der Waals surface area contributed by atoms with Crippen LogP contribution in [0.2, 0.25) is 5.02 Å². The lowest BCUT2D eigenvalue weighted by Gasteiger charge is -2.04. The quantitative estimate of drug-likeness (QED) is 0.302. The van der Waals surface area contributed by atoms with Gasteiger partial charge in [-0.3, -0.25) is 4.79 Å². The second-order valence-electron chi connectivity index (χ2n) is 5.69. The van der Waals surface area contributed by atoms with Gasteiger partial charge in [-0.1, -0.05) is 23.4 Å². The highest BCUT2D eigenvalue weighted by Gasteiger charge is 2.14. The van der Waals surface area contributed by atoms with Crippen LogP contribution >= 0.6 is 23.4 Å². The number of fused-ring (bicyclic) bond motifs is 1. The van der Waals surface area contributed by atoms with Crippen LogP contribution in [-0.2, 0) is 10.5 Å². The van der Waals surface area contributed by atoms with Gasteiger partial charge >= 0.3 is 5.97 Å². The summed E-state index contributed by atoms with van der Waals surface area (Å²) in [6.07, 6.45) is 1.47. The molecule has 0 aliphatic carbocycles. The van der Waals surface area contributed by atoms with Crippen molar-refractivity contribution in [3.8, 4) is 5.69 Å². The molecule has 4 rings (SSSR count). The number of esters is 1. The summed E-state index contributed by atoms with van der Waals surface area (Å²) in [5.41, 5.74) is 0.882. The molecule has 3 aromatic heterocycles. The number of carbonyl (C=O) groups excluding carboxylic acids is 1. The Hall–Kier alpha value is -3.04. The number of aromatic amines is 1. The Kier molecular flexibility index (Phi) is 4.93. The molecule has 28 heavy (non-hydrogen) atoms. The molecule has 1 aromatic carbocycles. The van der Waals surface area contributed by atoms with Crippen molar-refractivity contribution in [3.63, 3.8) is 0 Å². The average molecular weight is 417 g/mol. The summed E-state index contributed by atoms with van der Waals surface area (Å²) in [6.45, 7) is 0. The monoisotopic (exact) mass is 416 g/mol. The maximum atomic E-state index is 12.4. The van der Waals surface area contributed by atoms with E-state index in [9.17, 15) is 9.59 Å². The molecule has 10 heteroatoms. The summed E-state index contributed by atoms with van der Waals surface area (Å²) in [7, 11) is 1.28. The third kappa shape index (κ3) is 3.54. The lowest BCUT2D eigenvalue weighted by Crippen LogP contribution is -2.09. The van der Waals surface area contributed by atoms with Crippen molar-refractivity contribution in [2.24, 2.45) is 0 Å². The van der Waals surface area contributed by atoms with E-state index >= 15 is 0 Å². The number of ether oxygens (including phenoxy) is 1. The first-order chi connectivity index (χ1) is 13.5. The molecule has 0 unspecified atom stereocenters. The minimum absolute atomic E-state index is 0.121. The molecule has 8 nitrogen and oxygen atoms in total. The van der Waals surface area contributed by atoms with E-state index < -0.39 is 5.97 Å². The standard InChI is InChI=1S/C18H13ClN4O4S/c1-26-17(25)14-7-6-12(27-14)9-28-18-21-15-13(16(24)22-18)8-20-23(15)11-4-2-10(19)3-5-11/h2-8H,9H2,1H3,(H,21,22,24). The molecule has 0 atom stereocenters. The summed E-state index contributed by atoms with van der Waals surface area (Å²) in [6, 6.07) is 10.3. The third-order valence-electron chi connectivity index (χ3n) is 3.89. The van der Waals surface area contributed by atoms with Crippen LogP contribution in [0.4, 0.5) is 0 Å². The summed E-state index contributed by atoms with van der Waals surface area (Å²) in [4.78, 5) is 31.1. The van der Waals surface area contributed by atoms with Gasteiger partial charge in [0, 0.05) is 5.02 Å². The number of nitrogens with zero attached hydrogens (tertiary/aromatic N) is 3. The minimum Gasteiger partial charge on any atom is -0.463 e. The lowest BCUT2D eigenvalue weighted by molar-refractivity contribution is 0.0563. The van der Waals surface area contributed by atoms with Gasteiger partial charge in [0.05, 0.1) is 24.7 Å². The highest BCUT2D eigenvalue weighted by atomic mass is 35.5. The Labute approximate surface area is 167 Å². The molecular weight excluding hydrogens is 404 g/mol. The summed E-state index contributed by atoms with van der Waals surface area (Å²) >= 11 is 7.20. The maximum absolute atomic E-state index is 12.4. The van der Waals surface area contributed by atoms with E-state index in [1.807, 2.05) is 0 Å². The van der Waals surface area contributed by atoms with Crippen molar-refractivity contribution in [2.75, 3.05) is 7.11 Å². The van der Waals surface area contributed by atoms with Gasteiger partial charge in [0.2, 0.25) is 5.76 Å². The van der Waals surface area contributed by atoms with Crippen LogP contribution in [0.25, 0.3) is 16.7 Å². The van der Waals surface area contributed by atoms with Gasteiger partial charge in [-0.15, -0.1) is 0 Å². The Bertz CT molecular complexity index is 1210. The second kappa shape index (κ2) is 7.53. The molecule has 0 bridgehead atoms. The van der Waals surface area contributed by atoms with Gasteiger partial charge in [0.1, 0.15) is 11.1 Å². The van der Waals surface area contributed by atoms with Crippen LogP contribution < -0.4 is 5.56 Å². The fourth-order valence-electron chi connectivity index (χ4n) is 2.54. The van der Waals surface area contributed by atoms with Crippen molar-refractivity contribution in [2.45, 2.75) is 10.9 Å². The highest BCUT2D eigenvalue weighted by molar-refractivity contribution is 7.98. The Morgan fingerprint density at radius 1 is 1.29 bits per heavy atom. The zero-order valence-electron chi connectivity index (χ0n) is 14.5. The number of hydrogen-bond donors (Lipinski definition) is 1. The number of carbonyl (C=O) groups is 1. The van der Waals surface area contributed by atoms with E-state index in [1.54, 1.807) is 35.0 Å². The number of rotatable bonds is 5. The van der Waals surface area contributed by atoms with Gasteiger partial charge in [0.25, 0.3) is 5.56 Å². The SMILES string of the molecule is COC(=O)c1ccc(CSc2nc3c(cnn3-c3ccc(Cl)cc3)c(=O)[nH]2)o1. The number of aromatic nitrogens is 4. The van der Waals surface area contributed by atoms with Gasteiger partial charge in [0.15, 0.2) is 10.8 Å². The fourth-order valence-corrected chi connectivity index (χ4v) is 3.42. The molecule has 3 heterocycles. The molecule has 0 spiro atoms. The van der Waals surface area contributed by atoms with Crippen LogP contribution in [0.3, 0.4) is 0 Å². The van der Waals surface area contributed by atoms with Crippen LogP contribution in [0.15, 0.2) is 57.0 Å². The molecule has 1 N–H and O–H groups in total. The van der Waals surface area contributed by atoms with Crippen molar-refractivity contribution in [1.82, 2.24) is 19.7 Å². The summed E-state index contributed by atoms with van der Waals surface area (Å²) in [5.74, 6) is 0.506. The second-order valence-corrected chi connectivity index (χ2v) is 7.09. The zero-order chi connectivity index (χ0) is 19.7. The zero-order valence-corrected chi connectivity index (χ0v) is 16.1. The number of thioether (sulfide) groups is 1. The number of H-pyrrole nitrogens is 1.